The molecule has 1 unspecified atom stereocenters. The molecule has 0 spiro atoms. The molecule has 3 aromatic rings. The number of hydrogen-bond donors (Lipinski definition) is 1. The molecule has 0 aliphatic heterocycles. The third-order valence-electron chi connectivity index (χ3n) is 2.89. The van der Waals surface area contributed by atoms with Gasteiger partial charge in [0.15, 0.2) is 5.65 Å². The van der Waals surface area contributed by atoms with Gasteiger partial charge in [-0.25, -0.2) is 0 Å². The molecule has 0 radical (unpaired) electrons. The zero-order valence-electron chi connectivity index (χ0n) is 10.7. The fraction of sp³-hybridized carbons (Fsp3) is 0.333. The summed E-state index contributed by atoms with van der Waals surface area (Å²) in [6, 6.07) is 8.18. The van der Waals surface area contributed by atoms with Gasteiger partial charge in [-0.15, -0.1) is 26.2 Å². The Morgan fingerprint density at radius 1 is 1.26 bits per heavy atom. The van der Waals surface area contributed by atoms with Crippen molar-refractivity contribution in [2.75, 3.05) is 5.32 Å². The summed E-state index contributed by atoms with van der Waals surface area (Å²) in [6.45, 7) is 4.37. The molecule has 1 N–H and O–H groups in total. The predicted molar refractivity (Wildman–Crippen MR) is 74.1 cm³/mol. The molecule has 0 aromatic carbocycles. The fourth-order valence-electron chi connectivity index (χ4n) is 1.92. The van der Waals surface area contributed by atoms with Gasteiger partial charge in [0.2, 0.25) is 0 Å². The Bertz CT molecular complexity index is 660. The summed E-state index contributed by atoms with van der Waals surface area (Å²) in [5.41, 5.74) is 0.641. The van der Waals surface area contributed by atoms with Crippen molar-refractivity contribution in [1.29, 1.82) is 0 Å². The molecule has 6 nitrogen and oxygen atoms in total. The maximum Gasteiger partial charge on any atom is 0.200 e. The first-order valence-electron chi connectivity index (χ1n) is 6.09. The molecule has 98 valence electrons. The molecule has 0 bridgehead atoms. The number of tetrazole rings is 1. The summed E-state index contributed by atoms with van der Waals surface area (Å²) in [4.78, 5) is 1.30. The number of hydrogen-bond acceptors (Lipinski definition) is 6. The van der Waals surface area contributed by atoms with Crippen LogP contribution < -0.4 is 5.32 Å². The molecule has 3 aromatic heterocycles. The van der Waals surface area contributed by atoms with Crippen LogP contribution in [0.15, 0.2) is 29.6 Å². The van der Waals surface area contributed by atoms with E-state index in [1.807, 2.05) is 12.1 Å². The van der Waals surface area contributed by atoms with Crippen LogP contribution in [0.5, 0.6) is 0 Å². The van der Waals surface area contributed by atoms with Crippen LogP contribution in [0.4, 0.5) is 5.82 Å². The van der Waals surface area contributed by atoms with Crippen LogP contribution in [-0.4, -0.2) is 25.3 Å². The monoisotopic (exact) mass is 274 g/mol. The summed E-state index contributed by atoms with van der Waals surface area (Å²) >= 11 is 1.75. The topological polar surface area (TPSA) is 68.0 Å². The molecule has 3 heterocycles. The Morgan fingerprint density at radius 3 is 2.89 bits per heavy atom. The van der Waals surface area contributed by atoms with Crippen LogP contribution in [0, 0.1) is 5.92 Å². The van der Waals surface area contributed by atoms with Crippen LogP contribution in [0.2, 0.25) is 0 Å². The summed E-state index contributed by atoms with van der Waals surface area (Å²) in [6.07, 6.45) is 0. The molecule has 19 heavy (non-hydrogen) atoms. The molecule has 1 atom stereocenters. The lowest BCUT2D eigenvalue weighted by atomic mass is 10.0. The smallest absolute Gasteiger partial charge is 0.200 e. The van der Waals surface area contributed by atoms with Gasteiger partial charge in [0.25, 0.3) is 0 Å². The minimum atomic E-state index is 0.237. The number of nitrogens with zero attached hydrogens (tertiary/aromatic N) is 5. The highest BCUT2D eigenvalue weighted by Gasteiger charge is 2.17. The first kappa shape index (κ1) is 12.0. The van der Waals surface area contributed by atoms with E-state index in [1.165, 1.54) is 9.51 Å². The highest BCUT2D eigenvalue weighted by atomic mass is 32.1. The molecule has 0 saturated carbocycles. The summed E-state index contributed by atoms with van der Waals surface area (Å²) < 4.78 is 1.42. The molecular weight excluding hydrogens is 260 g/mol. The molecule has 0 aliphatic carbocycles. The van der Waals surface area contributed by atoms with E-state index >= 15 is 0 Å². The second-order valence-corrected chi connectivity index (χ2v) is 5.61. The standard InChI is InChI=1S/C12H14N6S/c1-8(2)12(9-4-3-7-19-9)13-10-5-6-11-14-16-17-18(11)15-10/h3-8,12H,1-2H3,(H,13,15). The number of fused-ring (bicyclic) bond motifs is 1. The van der Waals surface area contributed by atoms with E-state index in [4.69, 9.17) is 0 Å². The Labute approximate surface area is 114 Å². The number of aromatic nitrogens is 5. The number of thiophene rings is 1. The van der Waals surface area contributed by atoms with Gasteiger partial charge in [-0.2, -0.15) is 0 Å². The quantitative estimate of drug-likeness (QED) is 0.791. The van der Waals surface area contributed by atoms with E-state index in [1.54, 1.807) is 11.3 Å². The molecule has 3 rings (SSSR count). The SMILES string of the molecule is CC(C)C(Nc1ccc2nnnn2n1)c1cccs1. The first-order valence-corrected chi connectivity index (χ1v) is 6.97. The van der Waals surface area contributed by atoms with Gasteiger partial charge in [0, 0.05) is 4.88 Å². The lowest BCUT2D eigenvalue weighted by Crippen LogP contribution is -2.17. The maximum atomic E-state index is 4.34. The number of nitrogens with one attached hydrogen (secondary N) is 1. The van der Waals surface area contributed by atoms with Crippen molar-refractivity contribution >= 4 is 22.8 Å². The second kappa shape index (κ2) is 4.93. The molecule has 0 saturated heterocycles. The predicted octanol–water partition coefficient (Wildman–Crippen LogP) is 2.39. The zero-order valence-corrected chi connectivity index (χ0v) is 11.5. The average molecular weight is 274 g/mol. The van der Waals surface area contributed by atoms with Crippen LogP contribution in [0.3, 0.4) is 0 Å². The van der Waals surface area contributed by atoms with Gasteiger partial charge in [-0.1, -0.05) is 19.9 Å². The van der Waals surface area contributed by atoms with Crippen molar-refractivity contribution in [3.05, 3.63) is 34.5 Å². The Hall–Kier alpha value is -2.02. The van der Waals surface area contributed by atoms with Crippen molar-refractivity contribution in [1.82, 2.24) is 25.3 Å². The Balaban J connectivity index is 1.89. The van der Waals surface area contributed by atoms with E-state index in [9.17, 15) is 0 Å². The average Bonchev–Trinajstić information content (AvgIpc) is 3.06. The highest BCUT2D eigenvalue weighted by molar-refractivity contribution is 7.10. The third-order valence-corrected chi connectivity index (χ3v) is 3.84. The van der Waals surface area contributed by atoms with Gasteiger partial charge < -0.3 is 5.32 Å². The summed E-state index contributed by atoms with van der Waals surface area (Å²) in [5, 5.41) is 21.1. The second-order valence-electron chi connectivity index (χ2n) is 4.63. The van der Waals surface area contributed by atoms with Crippen LogP contribution >= 0.6 is 11.3 Å². The lowest BCUT2D eigenvalue weighted by molar-refractivity contribution is 0.550. The third kappa shape index (κ3) is 2.41. The molecular formula is C12H14N6S. The highest BCUT2D eigenvalue weighted by Crippen LogP contribution is 2.28. The molecule has 0 fully saturated rings. The number of rotatable bonds is 4. The minimum Gasteiger partial charge on any atom is -0.361 e. The van der Waals surface area contributed by atoms with Gasteiger partial charge >= 0.3 is 0 Å². The summed E-state index contributed by atoms with van der Waals surface area (Å²) in [7, 11) is 0. The van der Waals surface area contributed by atoms with Crippen LogP contribution in [-0.2, 0) is 0 Å². The van der Waals surface area contributed by atoms with E-state index < -0.39 is 0 Å². The minimum absolute atomic E-state index is 0.237. The van der Waals surface area contributed by atoms with Gasteiger partial charge in [-0.05, 0) is 39.9 Å². The molecule has 7 heteroatoms. The van der Waals surface area contributed by atoms with Gasteiger partial charge in [0.05, 0.1) is 6.04 Å². The van der Waals surface area contributed by atoms with Crippen molar-refractivity contribution in [2.45, 2.75) is 19.9 Å². The maximum absolute atomic E-state index is 4.34. The van der Waals surface area contributed by atoms with Gasteiger partial charge in [0.1, 0.15) is 5.82 Å². The molecule has 0 amide bonds. The Morgan fingerprint density at radius 2 is 2.16 bits per heavy atom. The largest absolute Gasteiger partial charge is 0.361 e. The van der Waals surface area contributed by atoms with Crippen molar-refractivity contribution in [2.24, 2.45) is 5.92 Å². The van der Waals surface area contributed by atoms with Crippen LogP contribution in [0.1, 0.15) is 24.8 Å². The van der Waals surface area contributed by atoms with Crippen molar-refractivity contribution < 1.29 is 0 Å². The zero-order chi connectivity index (χ0) is 13.2. The van der Waals surface area contributed by atoms with E-state index in [-0.39, 0.29) is 6.04 Å². The Kier molecular flexibility index (Phi) is 3.12. The summed E-state index contributed by atoms with van der Waals surface area (Å²) in [5.74, 6) is 1.23. The number of anilines is 1. The van der Waals surface area contributed by atoms with E-state index in [0.717, 1.165) is 5.82 Å². The van der Waals surface area contributed by atoms with Crippen molar-refractivity contribution in [3.63, 3.8) is 0 Å². The fourth-order valence-corrected chi connectivity index (χ4v) is 2.87. The van der Waals surface area contributed by atoms with Crippen LogP contribution in [0.25, 0.3) is 5.65 Å². The van der Waals surface area contributed by atoms with E-state index in [0.29, 0.717) is 11.6 Å². The molecule has 0 aliphatic rings. The normalized spacial score (nSPS) is 13.0. The van der Waals surface area contributed by atoms with Crippen molar-refractivity contribution in [3.8, 4) is 0 Å². The van der Waals surface area contributed by atoms with Gasteiger partial charge in [-0.3, -0.25) is 0 Å². The first-order chi connectivity index (χ1) is 9.24. The van der Waals surface area contributed by atoms with E-state index in [2.05, 4.69) is 57.3 Å². The lowest BCUT2D eigenvalue weighted by Gasteiger charge is -2.21.